The zero-order valence-electron chi connectivity index (χ0n) is 14.9. The van der Waals surface area contributed by atoms with E-state index in [4.69, 9.17) is 11.2 Å². The van der Waals surface area contributed by atoms with Crippen LogP contribution in [0.1, 0.15) is 25.8 Å². The van der Waals surface area contributed by atoms with Gasteiger partial charge in [-0.25, -0.2) is 0 Å². The van der Waals surface area contributed by atoms with Crippen molar-refractivity contribution in [3.63, 3.8) is 0 Å². The van der Waals surface area contributed by atoms with Gasteiger partial charge in [0.2, 0.25) is 0 Å². The molecule has 0 spiro atoms. The van der Waals surface area contributed by atoms with Gasteiger partial charge < -0.3 is 9.84 Å². The minimum Gasteiger partial charge on any atom is -0.389 e. The maximum Gasteiger partial charge on any atom is 0.125 e. The van der Waals surface area contributed by atoms with Gasteiger partial charge in [0.25, 0.3) is 0 Å². The van der Waals surface area contributed by atoms with Crippen LogP contribution in [0, 0.1) is 12.3 Å². The molecule has 2 unspecified atom stereocenters. The fraction of sp³-hybridized carbons (Fsp3) is 0.600. The summed E-state index contributed by atoms with van der Waals surface area (Å²) >= 11 is 0. The van der Waals surface area contributed by atoms with Crippen molar-refractivity contribution in [3.8, 4) is 12.3 Å². The molecule has 1 saturated heterocycles. The molecule has 2 atom stereocenters. The summed E-state index contributed by atoms with van der Waals surface area (Å²) in [5.74, 6) is 2.66. The van der Waals surface area contributed by atoms with Crippen molar-refractivity contribution in [3.05, 3.63) is 35.9 Å². The number of ether oxygens (including phenoxy) is 1. The maximum absolute atomic E-state index is 10.2. The van der Waals surface area contributed by atoms with Gasteiger partial charge >= 0.3 is 0 Å². The second kappa shape index (κ2) is 9.19. The third kappa shape index (κ3) is 5.92. The summed E-state index contributed by atoms with van der Waals surface area (Å²) in [7, 11) is 0. The van der Waals surface area contributed by atoms with E-state index in [1.54, 1.807) is 0 Å². The molecule has 4 heteroatoms. The molecule has 1 aromatic rings. The Balaban J connectivity index is 1.68. The van der Waals surface area contributed by atoms with Gasteiger partial charge in [0, 0.05) is 39.3 Å². The van der Waals surface area contributed by atoms with Crippen LogP contribution in [0.5, 0.6) is 0 Å². The number of terminal acetylenes is 1. The molecule has 0 aromatic heterocycles. The molecule has 1 N–H and O–H groups in total. The summed E-state index contributed by atoms with van der Waals surface area (Å²) in [6, 6.07) is 10.6. The number of aliphatic hydroxyl groups is 1. The van der Waals surface area contributed by atoms with Gasteiger partial charge in [-0.05, 0) is 18.9 Å². The molecule has 0 saturated carbocycles. The van der Waals surface area contributed by atoms with E-state index in [0.717, 1.165) is 39.1 Å². The fourth-order valence-electron chi connectivity index (χ4n) is 2.85. The first-order chi connectivity index (χ1) is 11.5. The molecule has 1 aliphatic heterocycles. The van der Waals surface area contributed by atoms with Crippen molar-refractivity contribution < 1.29 is 9.84 Å². The number of aliphatic hydroxyl groups excluding tert-OH is 1. The third-order valence-corrected chi connectivity index (χ3v) is 4.76. The SMILES string of the molecule is C#CC(C)(CC)OCC(O)CN1CCN(Cc2ccccc2)CC1. The lowest BCUT2D eigenvalue weighted by Gasteiger charge is -2.36. The van der Waals surface area contributed by atoms with E-state index >= 15 is 0 Å². The van der Waals surface area contributed by atoms with Crippen LogP contribution in [0.15, 0.2) is 30.3 Å². The van der Waals surface area contributed by atoms with E-state index in [1.165, 1.54) is 5.56 Å². The minimum absolute atomic E-state index is 0.290. The number of benzene rings is 1. The number of rotatable bonds is 8. The van der Waals surface area contributed by atoms with Gasteiger partial charge in [-0.3, -0.25) is 9.80 Å². The van der Waals surface area contributed by atoms with Crippen LogP contribution in [0.3, 0.4) is 0 Å². The third-order valence-electron chi connectivity index (χ3n) is 4.76. The number of hydrogen-bond acceptors (Lipinski definition) is 4. The predicted molar refractivity (Wildman–Crippen MR) is 97.6 cm³/mol. The van der Waals surface area contributed by atoms with Gasteiger partial charge in [0.1, 0.15) is 5.60 Å². The molecular formula is C20H30N2O2. The summed E-state index contributed by atoms with van der Waals surface area (Å²) in [4.78, 5) is 4.76. The molecular weight excluding hydrogens is 300 g/mol. The zero-order chi connectivity index (χ0) is 17.4. The van der Waals surface area contributed by atoms with Crippen molar-refractivity contribution >= 4 is 0 Å². The molecule has 2 rings (SSSR count). The quantitative estimate of drug-likeness (QED) is 0.740. The summed E-state index contributed by atoms with van der Waals surface area (Å²) in [6.45, 7) is 9.83. The van der Waals surface area contributed by atoms with Crippen LogP contribution < -0.4 is 0 Å². The van der Waals surface area contributed by atoms with Gasteiger partial charge in [-0.1, -0.05) is 43.2 Å². The largest absolute Gasteiger partial charge is 0.389 e. The van der Waals surface area contributed by atoms with E-state index in [0.29, 0.717) is 13.2 Å². The first-order valence-corrected chi connectivity index (χ1v) is 8.83. The van der Waals surface area contributed by atoms with Crippen LogP contribution >= 0.6 is 0 Å². The monoisotopic (exact) mass is 330 g/mol. The lowest BCUT2D eigenvalue weighted by molar-refractivity contribution is -0.0501. The van der Waals surface area contributed by atoms with Crippen LogP contribution in [0.25, 0.3) is 0 Å². The summed E-state index contributed by atoms with van der Waals surface area (Å²) < 4.78 is 5.71. The van der Waals surface area contributed by atoms with Gasteiger partial charge in [0.15, 0.2) is 0 Å². The Kier molecular flexibility index (Phi) is 7.26. The van der Waals surface area contributed by atoms with E-state index < -0.39 is 11.7 Å². The molecule has 1 heterocycles. The lowest BCUT2D eigenvalue weighted by Crippen LogP contribution is -2.49. The van der Waals surface area contributed by atoms with Crippen LogP contribution in [0.4, 0.5) is 0 Å². The normalized spacial score (nSPS) is 20.2. The Morgan fingerprint density at radius 1 is 1.21 bits per heavy atom. The van der Waals surface area contributed by atoms with Crippen molar-refractivity contribution in [2.75, 3.05) is 39.3 Å². The van der Waals surface area contributed by atoms with Crippen molar-refractivity contribution in [2.24, 2.45) is 0 Å². The number of β-amino-alcohol motifs (C(OH)–C–C–N with tert-alkyl or cyclic N) is 1. The zero-order valence-corrected chi connectivity index (χ0v) is 14.9. The average Bonchev–Trinajstić information content (AvgIpc) is 2.62. The van der Waals surface area contributed by atoms with Gasteiger partial charge in [-0.15, -0.1) is 6.42 Å². The van der Waals surface area contributed by atoms with Crippen LogP contribution in [-0.2, 0) is 11.3 Å². The minimum atomic E-state index is -0.574. The number of nitrogens with zero attached hydrogens (tertiary/aromatic N) is 2. The Morgan fingerprint density at radius 2 is 1.83 bits per heavy atom. The topological polar surface area (TPSA) is 35.9 Å². The molecule has 0 bridgehead atoms. The Bertz CT molecular complexity index is 520. The first-order valence-electron chi connectivity index (χ1n) is 8.83. The standard InChI is InChI=1S/C20H30N2O2/c1-4-20(3,5-2)24-17-19(23)16-22-13-11-21(12-14-22)15-18-9-7-6-8-10-18/h1,6-10,19,23H,5,11-17H2,2-3H3. The molecule has 4 nitrogen and oxygen atoms in total. The molecule has 0 aliphatic carbocycles. The van der Waals surface area contributed by atoms with Gasteiger partial charge in [0.05, 0.1) is 12.7 Å². The summed E-state index contributed by atoms with van der Waals surface area (Å²) in [6.07, 6.45) is 5.74. The van der Waals surface area contributed by atoms with Crippen molar-refractivity contribution in [1.82, 2.24) is 9.80 Å². The highest BCUT2D eigenvalue weighted by Crippen LogP contribution is 2.14. The van der Waals surface area contributed by atoms with E-state index in [9.17, 15) is 5.11 Å². The maximum atomic E-state index is 10.2. The Labute approximate surface area is 146 Å². The lowest BCUT2D eigenvalue weighted by atomic mass is 10.1. The van der Waals surface area contributed by atoms with Crippen LogP contribution in [-0.4, -0.2) is 65.9 Å². The summed E-state index contributed by atoms with van der Waals surface area (Å²) in [5, 5.41) is 10.2. The highest BCUT2D eigenvalue weighted by Gasteiger charge is 2.23. The van der Waals surface area contributed by atoms with Crippen LogP contribution in [0.2, 0.25) is 0 Å². The van der Waals surface area contributed by atoms with Crippen molar-refractivity contribution in [2.45, 2.75) is 38.5 Å². The number of piperazine rings is 1. The molecule has 0 radical (unpaired) electrons. The highest BCUT2D eigenvalue weighted by molar-refractivity contribution is 5.14. The predicted octanol–water partition coefficient (Wildman–Crippen LogP) is 1.98. The van der Waals surface area contributed by atoms with Crippen molar-refractivity contribution in [1.29, 1.82) is 0 Å². The molecule has 1 fully saturated rings. The Morgan fingerprint density at radius 3 is 2.42 bits per heavy atom. The molecule has 132 valence electrons. The highest BCUT2D eigenvalue weighted by atomic mass is 16.5. The average molecular weight is 330 g/mol. The second-order valence-corrected chi connectivity index (χ2v) is 6.76. The molecule has 24 heavy (non-hydrogen) atoms. The van der Waals surface area contributed by atoms with E-state index in [2.05, 4.69) is 46.1 Å². The van der Waals surface area contributed by atoms with E-state index in [-0.39, 0.29) is 0 Å². The second-order valence-electron chi connectivity index (χ2n) is 6.76. The first kappa shape index (κ1) is 19.0. The van der Waals surface area contributed by atoms with E-state index in [1.807, 2.05) is 13.8 Å². The van der Waals surface area contributed by atoms with Gasteiger partial charge in [-0.2, -0.15) is 0 Å². The molecule has 1 aliphatic rings. The fourth-order valence-corrected chi connectivity index (χ4v) is 2.85. The number of hydrogen-bond donors (Lipinski definition) is 1. The summed E-state index contributed by atoms with van der Waals surface area (Å²) in [5.41, 5.74) is 0.780. The molecule has 0 amide bonds. The Hall–Kier alpha value is -1.38. The smallest absolute Gasteiger partial charge is 0.125 e. The molecule has 1 aromatic carbocycles.